The van der Waals surface area contributed by atoms with Crippen molar-refractivity contribution in [2.45, 2.75) is 0 Å². The summed E-state index contributed by atoms with van der Waals surface area (Å²) >= 11 is 0. The zero-order valence-corrected chi connectivity index (χ0v) is 45.1. The summed E-state index contributed by atoms with van der Waals surface area (Å²) in [7, 11) is 3.09. The van der Waals surface area contributed by atoms with E-state index in [-0.39, 0.29) is 241 Å². The molecule has 0 fully saturated rings. The molecule has 0 amide bonds. The molecule has 0 spiro atoms. The molecule has 0 N–H and O–H groups in total. The molecule has 0 bridgehead atoms. The number of aromatic nitrogens is 6. The fourth-order valence-corrected chi connectivity index (χ4v) is 6.04. The third-order valence-electron chi connectivity index (χ3n) is 9.11. The van der Waals surface area contributed by atoms with Crippen LogP contribution in [0, 0.1) is 30.9 Å². The largest absolute Gasteiger partial charge is 0.514 e. The molecule has 69 heavy (non-hydrogen) atoms. The number of nitrogens with zero attached hydrogens (tertiary/aromatic N) is 8. The van der Waals surface area contributed by atoms with E-state index in [4.69, 9.17) is 33.2 Å². The number of furan rings is 1. The molecule has 12 rings (SSSR count). The van der Waals surface area contributed by atoms with Crippen molar-refractivity contribution < 1.29 is 114 Å². The maximum Gasteiger partial charge on any atom is 0.116 e. The number of anilines is 1. The standard InChI is InChI=1S/C16H12N2O.2C15H11N2.C10H9N2.4Ir/c1-17-9-10-18(11-17)14-7-4-6-13-12-5-2-3-8-15(12)19-16(13)14;2*1-2-5-13(6-3-1)14-7-9-15(10-8-14)17-12-4-11-16-17;1-12-8-7-11-10(12)9-5-3-2-4-6-9;;;;/h2-6,8-11H,1H3;2*1-9,11-12H;2-5,7-8H,1H3;;;;/q-2;3*-1;;;;/i2D,3D,4D,5D,6D,8D,9D,10D;1D,2D,3D,4D,9D,11D,12D;;2D,3D,4D,5D,7D,8D;;;;. The summed E-state index contributed by atoms with van der Waals surface area (Å²) in [4.78, 5) is 6.47. The maximum atomic E-state index is 8.21. The van der Waals surface area contributed by atoms with Crippen LogP contribution in [0.5, 0.6) is 0 Å². The second kappa shape index (κ2) is 26.6. The Kier molecular flexibility index (Phi) is 12.0. The summed E-state index contributed by atoms with van der Waals surface area (Å²) in [6.45, 7) is 1.43. The van der Waals surface area contributed by atoms with Gasteiger partial charge < -0.3 is 18.8 Å². The Labute approximate surface area is 486 Å². The number of para-hydroxylation sites is 1. The van der Waals surface area contributed by atoms with Gasteiger partial charge in [-0.2, -0.15) is 71.4 Å². The van der Waals surface area contributed by atoms with E-state index in [0.717, 1.165) is 10.4 Å². The number of rotatable bonds is 6. The van der Waals surface area contributed by atoms with Gasteiger partial charge in [-0.25, -0.2) is 0 Å². The maximum absolute atomic E-state index is 8.21. The molecule has 0 aliphatic carbocycles. The van der Waals surface area contributed by atoms with Crippen LogP contribution in [0.15, 0.2) is 223 Å². The van der Waals surface area contributed by atoms with Gasteiger partial charge in [-0.3, -0.25) is 14.3 Å². The van der Waals surface area contributed by atoms with Crippen molar-refractivity contribution in [3.05, 3.63) is 250 Å². The van der Waals surface area contributed by atoms with E-state index in [1.54, 1.807) is 17.9 Å². The fourth-order valence-electron chi connectivity index (χ4n) is 6.04. The first-order valence-corrected chi connectivity index (χ1v) is 19.3. The van der Waals surface area contributed by atoms with Crippen LogP contribution in [0.1, 0.15) is 28.8 Å². The molecular formula is C56H43Ir4N8O-5. The van der Waals surface area contributed by atoms with Gasteiger partial charge in [-0.15, -0.1) is 59.0 Å². The number of hydrogen-bond donors (Lipinski definition) is 0. The first-order valence-electron chi connectivity index (χ1n) is 29.8. The molecule has 4 aromatic heterocycles. The smallest absolute Gasteiger partial charge is 0.116 e. The summed E-state index contributed by atoms with van der Waals surface area (Å²) in [5, 5.41) is 8.00. The van der Waals surface area contributed by atoms with Crippen LogP contribution < -0.4 is 4.90 Å². The third kappa shape index (κ3) is 13.6. The Morgan fingerprint density at radius 3 is 2.03 bits per heavy atom. The summed E-state index contributed by atoms with van der Waals surface area (Å²) in [6, 6.07) is 31.1. The van der Waals surface area contributed by atoms with Crippen LogP contribution in [0.2, 0.25) is 0 Å². The van der Waals surface area contributed by atoms with Crippen LogP contribution in [0.3, 0.4) is 0 Å². The van der Waals surface area contributed by atoms with Gasteiger partial charge in [0.25, 0.3) is 0 Å². The van der Waals surface area contributed by atoms with Crippen molar-refractivity contribution in [1.29, 1.82) is 0 Å². The van der Waals surface area contributed by atoms with Gasteiger partial charge in [-0.05, 0) is 54.4 Å². The van der Waals surface area contributed by atoms with E-state index in [9.17, 15) is 0 Å². The summed E-state index contributed by atoms with van der Waals surface area (Å²) in [5.41, 5.74) is 4.58. The second-order valence-corrected chi connectivity index (χ2v) is 13.4. The first kappa shape index (κ1) is 31.2. The van der Waals surface area contributed by atoms with Gasteiger partial charge in [0, 0.05) is 140 Å². The normalized spacial score (nSPS) is 15.5. The molecule has 11 aromatic rings. The van der Waals surface area contributed by atoms with Gasteiger partial charge in [0.05, 0.1) is 25.0 Å². The fraction of sp³-hybridized carbons (Fsp3) is 0.0357. The topological polar surface area (TPSA) is 73.1 Å². The molecular weight excluding hydrogens is 1570 g/mol. The minimum absolute atomic E-state index is 0. The minimum Gasteiger partial charge on any atom is -0.514 e. The van der Waals surface area contributed by atoms with Gasteiger partial charge in [-0.1, -0.05) is 101 Å². The van der Waals surface area contributed by atoms with E-state index in [0.29, 0.717) is 11.1 Å². The second-order valence-electron chi connectivity index (χ2n) is 13.4. The summed E-state index contributed by atoms with van der Waals surface area (Å²) in [5.74, 6) is 0.136. The van der Waals surface area contributed by atoms with E-state index >= 15 is 0 Å². The van der Waals surface area contributed by atoms with Crippen LogP contribution in [0.4, 0.5) is 5.69 Å². The molecule has 4 radical (unpaired) electrons. The van der Waals surface area contributed by atoms with Crippen LogP contribution in [-0.2, 0) is 87.5 Å². The molecule has 1 aliphatic rings. The molecule has 0 unspecified atom stereocenters. The molecule has 354 valence electrons. The molecule has 9 nitrogen and oxygen atoms in total. The molecule has 13 heteroatoms. The molecule has 7 aromatic carbocycles. The van der Waals surface area contributed by atoms with E-state index in [1.807, 2.05) is 42.6 Å². The Morgan fingerprint density at radius 1 is 0.580 bits per heavy atom. The monoisotopic (exact) mass is 1640 g/mol. The van der Waals surface area contributed by atoms with Gasteiger partial charge in [0.15, 0.2) is 0 Å². The van der Waals surface area contributed by atoms with Gasteiger partial charge in [0.1, 0.15) is 5.58 Å². The molecule has 0 saturated heterocycles. The molecule has 5 heterocycles. The van der Waals surface area contributed by atoms with Crippen LogP contribution in [0.25, 0.3) is 67.0 Å². The Morgan fingerprint density at radius 2 is 1.35 bits per heavy atom. The van der Waals surface area contributed by atoms with E-state index < -0.39 is 12.1 Å². The van der Waals surface area contributed by atoms with Crippen molar-refractivity contribution in [2.24, 2.45) is 7.05 Å². The predicted molar refractivity (Wildman–Crippen MR) is 259 cm³/mol. The summed E-state index contributed by atoms with van der Waals surface area (Å²) in [6.07, 6.45) is 2.40. The zero-order valence-electron chi connectivity index (χ0n) is 56.6. The van der Waals surface area contributed by atoms with Crippen molar-refractivity contribution in [1.82, 2.24) is 34.0 Å². The van der Waals surface area contributed by atoms with Crippen molar-refractivity contribution in [2.75, 3.05) is 11.9 Å². The molecule has 0 atom stereocenters. The van der Waals surface area contributed by atoms with E-state index in [2.05, 4.69) is 57.6 Å². The average molecular weight is 1630 g/mol. The number of imidazole rings is 1. The first-order chi connectivity index (χ1) is 40.7. The average Bonchev–Trinajstić information content (AvgIpc) is 1.56. The zero-order chi connectivity index (χ0) is 62.5. The Hall–Kier alpha value is -6.09. The number of fused-ring (bicyclic) bond motifs is 3. The third-order valence-corrected chi connectivity index (χ3v) is 9.11. The van der Waals surface area contributed by atoms with Gasteiger partial charge in [0.2, 0.25) is 0 Å². The number of benzene rings is 7. The number of hydrogen-bond acceptors (Lipinski definition) is 6. The van der Waals surface area contributed by atoms with E-state index in [1.165, 1.54) is 63.5 Å². The summed E-state index contributed by atoms with van der Waals surface area (Å²) < 4.78 is 173. The molecule has 0 saturated carbocycles. The van der Waals surface area contributed by atoms with Crippen LogP contribution >= 0.6 is 0 Å². The Bertz CT molecular complexity index is 4450. The van der Waals surface area contributed by atoms with Crippen LogP contribution in [-0.4, -0.2) is 41.1 Å². The van der Waals surface area contributed by atoms with Crippen molar-refractivity contribution >= 4 is 27.6 Å². The molecule has 1 aliphatic heterocycles. The SMILES string of the molecule is [2H]C1=C([2H])N(c2[c-]c([2H])c([2H])c3c2oc2c([2H])c([2H])c([2H])c([2H])c23)[CH-]N1C.[2H]c1[c-]c(-c2nc([2H])c([2H])n2C)c([2H])c([2H])c1[2H].[2H]c1cc(-c2cc([2H])c([2H])c([2H])c2)c[c-]c1-n1nc([2H])c([2H])c1[2H].[Ir].[Ir].[Ir].[Ir].[c-]1cc(-c2ccccc2)ccc1-n1cccn1. The van der Waals surface area contributed by atoms with Crippen molar-refractivity contribution in [3.63, 3.8) is 0 Å². The Balaban J connectivity index is 0.000000218. The predicted octanol–water partition coefficient (Wildman–Crippen LogP) is 12.3. The van der Waals surface area contributed by atoms with Gasteiger partial charge >= 0.3 is 0 Å². The quantitative estimate of drug-likeness (QED) is 0.155. The minimum atomic E-state index is -0.461. The van der Waals surface area contributed by atoms with Crippen molar-refractivity contribution in [3.8, 4) is 45.0 Å².